The Bertz CT molecular complexity index is 811. The van der Waals surface area contributed by atoms with Crippen LogP contribution >= 0.6 is 0 Å². The highest BCUT2D eigenvalue weighted by Gasteiger charge is 2.27. The molecule has 1 amide bonds. The van der Waals surface area contributed by atoms with Crippen molar-refractivity contribution in [1.82, 2.24) is 15.5 Å². The molecule has 1 aliphatic rings. The molecular formula is C16H17N3O3. The molecule has 0 bridgehead atoms. The summed E-state index contributed by atoms with van der Waals surface area (Å²) in [6.45, 7) is 3.45. The molecule has 0 spiro atoms. The Hall–Kier alpha value is -2.63. The molecule has 3 N–H and O–H groups in total. The fraction of sp³-hybridized carbons (Fsp3) is 0.312. The van der Waals surface area contributed by atoms with Crippen LogP contribution in [0.5, 0.6) is 5.75 Å². The van der Waals surface area contributed by atoms with Crippen molar-refractivity contribution in [2.75, 3.05) is 0 Å². The molecule has 1 aromatic heterocycles. The van der Waals surface area contributed by atoms with Crippen LogP contribution in [-0.4, -0.2) is 21.2 Å². The van der Waals surface area contributed by atoms with Crippen LogP contribution in [0.4, 0.5) is 0 Å². The van der Waals surface area contributed by atoms with E-state index in [0.29, 0.717) is 24.1 Å². The summed E-state index contributed by atoms with van der Waals surface area (Å²) in [5, 5.41) is 18.9. The Balaban J connectivity index is 1.91. The number of phenolic OH excluding ortho intramolecular Hbond substituents is 1. The summed E-state index contributed by atoms with van der Waals surface area (Å²) in [6, 6.07) is 5.10. The van der Waals surface area contributed by atoms with E-state index in [2.05, 4.69) is 15.5 Å². The third kappa shape index (κ3) is 2.26. The van der Waals surface area contributed by atoms with Gasteiger partial charge in [0.25, 0.3) is 11.5 Å². The van der Waals surface area contributed by atoms with Gasteiger partial charge < -0.3 is 10.4 Å². The van der Waals surface area contributed by atoms with E-state index in [1.165, 1.54) is 0 Å². The highest BCUT2D eigenvalue weighted by atomic mass is 16.3. The second-order valence-corrected chi connectivity index (χ2v) is 5.55. The molecule has 22 heavy (non-hydrogen) atoms. The second-order valence-electron chi connectivity index (χ2n) is 5.55. The quantitative estimate of drug-likeness (QED) is 0.783. The largest absolute Gasteiger partial charge is 0.508 e. The van der Waals surface area contributed by atoms with Gasteiger partial charge in [0.05, 0.1) is 11.7 Å². The van der Waals surface area contributed by atoms with Gasteiger partial charge in [-0.2, -0.15) is 5.10 Å². The smallest absolute Gasteiger partial charge is 0.277 e. The van der Waals surface area contributed by atoms with Crippen LogP contribution in [0.2, 0.25) is 0 Å². The number of amides is 1. The summed E-state index contributed by atoms with van der Waals surface area (Å²) in [5.74, 6) is -0.159. The van der Waals surface area contributed by atoms with Crippen LogP contribution in [0.3, 0.4) is 0 Å². The van der Waals surface area contributed by atoms with Crippen LogP contribution in [0, 0.1) is 13.8 Å². The molecule has 0 radical (unpaired) electrons. The van der Waals surface area contributed by atoms with E-state index in [9.17, 15) is 14.7 Å². The van der Waals surface area contributed by atoms with Crippen molar-refractivity contribution in [3.63, 3.8) is 0 Å². The van der Waals surface area contributed by atoms with Crippen LogP contribution in [0.25, 0.3) is 0 Å². The van der Waals surface area contributed by atoms with Crippen molar-refractivity contribution in [1.29, 1.82) is 0 Å². The van der Waals surface area contributed by atoms with E-state index in [1.807, 2.05) is 6.07 Å². The number of nitrogens with one attached hydrogen (secondary N) is 2. The average Bonchev–Trinajstić information content (AvgIpc) is 2.88. The summed E-state index contributed by atoms with van der Waals surface area (Å²) in [6.07, 6.45) is 1.41. The highest BCUT2D eigenvalue weighted by Crippen LogP contribution is 2.36. The number of aromatic amines is 1. The predicted molar refractivity (Wildman–Crippen MR) is 81.0 cm³/mol. The first-order valence-electron chi connectivity index (χ1n) is 7.16. The van der Waals surface area contributed by atoms with Crippen LogP contribution in [0.1, 0.15) is 45.2 Å². The zero-order chi connectivity index (χ0) is 15.9. The molecule has 6 heteroatoms. The van der Waals surface area contributed by atoms with Gasteiger partial charge in [-0.3, -0.25) is 9.59 Å². The fourth-order valence-electron chi connectivity index (χ4n) is 2.91. The van der Waals surface area contributed by atoms with E-state index < -0.39 is 11.5 Å². The Labute approximate surface area is 127 Å². The summed E-state index contributed by atoms with van der Waals surface area (Å²) < 4.78 is 0. The lowest BCUT2D eigenvalue weighted by Crippen LogP contribution is -2.33. The maximum atomic E-state index is 12.5. The number of aromatic nitrogens is 2. The van der Waals surface area contributed by atoms with Gasteiger partial charge in [-0.15, -0.1) is 0 Å². The Morgan fingerprint density at radius 2 is 2.18 bits per heavy atom. The van der Waals surface area contributed by atoms with Gasteiger partial charge in [-0.05, 0) is 49.4 Å². The Morgan fingerprint density at radius 3 is 2.95 bits per heavy atom. The van der Waals surface area contributed by atoms with Crippen LogP contribution in [-0.2, 0) is 6.42 Å². The first-order chi connectivity index (χ1) is 10.5. The number of carbonyl (C=O) groups is 1. The maximum absolute atomic E-state index is 12.5. The zero-order valence-corrected chi connectivity index (χ0v) is 12.4. The van der Waals surface area contributed by atoms with E-state index in [1.54, 1.807) is 26.0 Å². The number of H-pyrrole nitrogens is 1. The van der Waals surface area contributed by atoms with E-state index in [4.69, 9.17) is 0 Å². The molecular weight excluding hydrogens is 282 g/mol. The van der Waals surface area contributed by atoms with Crippen molar-refractivity contribution in [3.05, 3.63) is 56.5 Å². The number of benzene rings is 1. The number of fused-ring (bicyclic) bond motifs is 1. The standard InChI is InChI=1S/C16H17N3O3/c1-8-9(2)18-19-16(22)14(8)15(21)17-12-7-6-11-10(12)4-3-5-13(11)20/h3-5,12,20H,6-7H2,1-2H3,(H,17,21)(H,19,22)/t12-/m0/s1. The van der Waals surface area contributed by atoms with E-state index >= 15 is 0 Å². The molecule has 3 rings (SSSR count). The number of hydrogen-bond donors (Lipinski definition) is 3. The maximum Gasteiger partial charge on any atom is 0.277 e. The minimum atomic E-state index is -0.491. The van der Waals surface area contributed by atoms with Crippen molar-refractivity contribution in [2.24, 2.45) is 0 Å². The molecule has 2 aromatic rings. The number of phenols is 1. The Kier molecular flexibility index (Phi) is 3.44. The van der Waals surface area contributed by atoms with Gasteiger partial charge in [0.1, 0.15) is 11.3 Å². The van der Waals surface area contributed by atoms with E-state index in [-0.39, 0.29) is 17.4 Å². The number of aromatic hydroxyl groups is 1. The van der Waals surface area contributed by atoms with Crippen molar-refractivity contribution in [3.8, 4) is 5.75 Å². The summed E-state index contributed by atoms with van der Waals surface area (Å²) >= 11 is 0. The Morgan fingerprint density at radius 1 is 1.41 bits per heavy atom. The molecule has 114 valence electrons. The van der Waals surface area contributed by atoms with Gasteiger partial charge in [0, 0.05) is 0 Å². The lowest BCUT2D eigenvalue weighted by Gasteiger charge is -2.15. The minimum Gasteiger partial charge on any atom is -0.508 e. The van der Waals surface area contributed by atoms with Gasteiger partial charge in [0.2, 0.25) is 0 Å². The second kappa shape index (κ2) is 5.29. The monoisotopic (exact) mass is 299 g/mol. The van der Waals surface area contributed by atoms with Gasteiger partial charge in [-0.1, -0.05) is 12.1 Å². The summed E-state index contributed by atoms with van der Waals surface area (Å²) in [5.41, 5.74) is 2.58. The fourth-order valence-corrected chi connectivity index (χ4v) is 2.91. The van der Waals surface area contributed by atoms with Crippen LogP contribution < -0.4 is 10.9 Å². The first-order valence-corrected chi connectivity index (χ1v) is 7.16. The number of carbonyl (C=O) groups excluding carboxylic acids is 1. The van der Waals surface area contributed by atoms with Crippen molar-refractivity contribution < 1.29 is 9.90 Å². The summed E-state index contributed by atoms with van der Waals surface area (Å²) in [7, 11) is 0. The topological polar surface area (TPSA) is 95.1 Å². The van der Waals surface area contributed by atoms with Crippen molar-refractivity contribution >= 4 is 5.91 Å². The predicted octanol–water partition coefficient (Wildman–Crippen LogP) is 1.51. The molecule has 1 atom stereocenters. The average molecular weight is 299 g/mol. The summed E-state index contributed by atoms with van der Waals surface area (Å²) in [4.78, 5) is 24.4. The molecule has 0 saturated heterocycles. The van der Waals surface area contributed by atoms with Gasteiger partial charge in [-0.25, -0.2) is 5.10 Å². The molecule has 0 fully saturated rings. The molecule has 1 aliphatic carbocycles. The lowest BCUT2D eigenvalue weighted by molar-refractivity contribution is 0.0934. The van der Waals surface area contributed by atoms with Crippen molar-refractivity contribution in [2.45, 2.75) is 32.7 Å². The third-order valence-corrected chi connectivity index (χ3v) is 4.25. The van der Waals surface area contributed by atoms with E-state index in [0.717, 1.165) is 11.1 Å². The number of hydrogen-bond acceptors (Lipinski definition) is 4. The SMILES string of the molecule is Cc1n[nH]c(=O)c(C(=O)N[C@H]2CCc3c(O)cccc32)c1C. The minimum absolute atomic E-state index is 0.0982. The molecule has 1 aromatic carbocycles. The number of nitrogens with zero attached hydrogens (tertiary/aromatic N) is 1. The molecule has 6 nitrogen and oxygen atoms in total. The highest BCUT2D eigenvalue weighted by molar-refractivity contribution is 5.95. The van der Waals surface area contributed by atoms with Crippen LogP contribution in [0.15, 0.2) is 23.0 Å². The molecule has 0 saturated carbocycles. The van der Waals surface area contributed by atoms with Gasteiger partial charge in [0.15, 0.2) is 0 Å². The normalized spacial score (nSPS) is 16.4. The lowest BCUT2D eigenvalue weighted by atomic mass is 10.1. The molecule has 1 heterocycles. The number of aryl methyl sites for hydroxylation is 1. The first kappa shape index (κ1) is 14.3. The van der Waals surface area contributed by atoms with Gasteiger partial charge >= 0.3 is 0 Å². The molecule has 0 unspecified atom stereocenters. The zero-order valence-electron chi connectivity index (χ0n) is 12.4. The third-order valence-electron chi connectivity index (χ3n) is 4.25. The number of rotatable bonds is 2. The molecule has 0 aliphatic heterocycles.